The van der Waals surface area contributed by atoms with Crippen LogP contribution in [0.15, 0.2) is 85.8 Å². The van der Waals surface area contributed by atoms with E-state index < -0.39 is 0 Å². The summed E-state index contributed by atoms with van der Waals surface area (Å²) < 4.78 is 4.64. The van der Waals surface area contributed by atoms with Crippen LogP contribution in [0.25, 0.3) is 50.2 Å². The Hall–Kier alpha value is -4.45. The van der Waals surface area contributed by atoms with Crippen molar-refractivity contribution in [2.45, 2.75) is 6.54 Å². The standard InChI is InChI=1S/C27H20N6/c1-31-12-8-27-23(17-31)22-16-30-11-7-26(22)33(27)19-4-2-3-18(13-19)32-24-5-9-28-14-20(24)21-15-29-10-6-25(21)32/h2-16H,17H2,1H3. The van der Waals surface area contributed by atoms with Gasteiger partial charge in [-0.05, 0) is 42.5 Å². The van der Waals surface area contributed by atoms with Crippen LogP contribution in [-0.4, -0.2) is 36.0 Å². The van der Waals surface area contributed by atoms with Crippen molar-refractivity contribution in [1.82, 2.24) is 29.0 Å². The monoisotopic (exact) mass is 428 g/mol. The SMILES string of the molecule is CN1C=Cc2c(c3cnccc3n2-c2cccc(-n3c4ccncc4c4cnccc43)c2)C1. The lowest BCUT2D eigenvalue weighted by atomic mass is 10.1. The molecule has 0 aliphatic carbocycles. The third-order valence-corrected chi connectivity index (χ3v) is 6.52. The molecule has 6 heteroatoms. The topological polar surface area (TPSA) is 51.8 Å². The van der Waals surface area contributed by atoms with Gasteiger partial charge in [0.25, 0.3) is 0 Å². The maximum absolute atomic E-state index is 4.41. The lowest BCUT2D eigenvalue weighted by Crippen LogP contribution is -2.14. The van der Waals surface area contributed by atoms with E-state index in [4.69, 9.17) is 0 Å². The van der Waals surface area contributed by atoms with Crippen molar-refractivity contribution in [3.05, 3.63) is 97.1 Å². The quantitative estimate of drug-likeness (QED) is 0.374. The van der Waals surface area contributed by atoms with Crippen LogP contribution in [0, 0.1) is 0 Å². The Bertz CT molecular complexity index is 1670. The third kappa shape index (κ3) is 2.58. The highest BCUT2D eigenvalue weighted by Crippen LogP contribution is 2.35. The molecule has 6 aromatic rings. The summed E-state index contributed by atoms with van der Waals surface area (Å²) in [6, 6.07) is 15.0. The normalized spacial score (nSPS) is 13.3. The van der Waals surface area contributed by atoms with Crippen LogP contribution < -0.4 is 0 Å². The van der Waals surface area contributed by atoms with Gasteiger partial charge in [-0.3, -0.25) is 15.0 Å². The van der Waals surface area contributed by atoms with Crippen molar-refractivity contribution in [3.8, 4) is 11.4 Å². The molecule has 6 heterocycles. The maximum atomic E-state index is 4.41. The number of fused-ring (bicyclic) bond motifs is 6. The lowest BCUT2D eigenvalue weighted by Gasteiger charge is -2.20. The Morgan fingerprint density at radius 2 is 1.27 bits per heavy atom. The van der Waals surface area contributed by atoms with Gasteiger partial charge in [-0.2, -0.15) is 0 Å². The highest BCUT2D eigenvalue weighted by molar-refractivity contribution is 6.08. The van der Waals surface area contributed by atoms with Crippen LogP contribution in [0.4, 0.5) is 0 Å². The fraction of sp³-hybridized carbons (Fsp3) is 0.0741. The van der Waals surface area contributed by atoms with Gasteiger partial charge in [-0.1, -0.05) is 6.07 Å². The number of aromatic nitrogens is 5. The van der Waals surface area contributed by atoms with E-state index in [1.807, 2.05) is 37.2 Å². The molecule has 7 rings (SSSR count). The maximum Gasteiger partial charge on any atom is 0.0572 e. The van der Waals surface area contributed by atoms with Crippen LogP contribution in [0.3, 0.4) is 0 Å². The number of benzene rings is 1. The van der Waals surface area contributed by atoms with Crippen molar-refractivity contribution in [2.24, 2.45) is 0 Å². The summed E-state index contributed by atoms with van der Waals surface area (Å²) in [4.78, 5) is 15.3. The van der Waals surface area contributed by atoms with Gasteiger partial charge in [0.05, 0.1) is 22.2 Å². The summed E-state index contributed by atoms with van der Waals surface area (Å²) >= 11 is 0. The molecule has 0 N–H and O–H groups in total. The van der Waals surface area contributed by atoms with Gasteiger partial charge in [0, 0.05) is 90.1 Å². The zero-order chi connectivity index (χ0) is 21.9. The molecule has 1 aliphatic heterocycles. The van der Waals surface area contributed by atoms with E-state index in [1.54, 1.807) is 0 Å². The molecule has 6 nitrogen and oxygen atoms in total. The average molecular weight is 428 g/mol. The number of hydrogen-bond acceptors (Lipinski definition) is 4. The summed E-state index contributed by atoms with van der Waals surface area (Å²) in [5.74, 6) is 0. The molecule has 0 saturated heterocycles. The molecule has 158 valence electrons. The Balaban J connectivity index is 1.51. The highest BCUT2D eigenvalue weighted by atomic mass is 15.1. The summed E-state index contributed by atoms with van der Waals surface area (Å²) in [5.41, 5.74) is 8.16. The minimum Gasteiger partial charge on any atom is -0.376 e. The summed E-state index contributed by atoms with van der Waals surface area (Å²) in [6.45, 7) is 0.869. The van der Waals surface area contributed by atoms with E-state index >= 15 is 0 Å². The van der Waals surface area contributed by atoms with Gasteiger partial charge in [-0.15, -0.1) is 0 Å². The molecule has 0 unspecified atom stereocenters. The van der Waals surface area contributed by atoms with Gasteiger partial charge in [-0.25, -0.2) is 0 Å². The van der Waals surface area contributed by atoms with Gasteiger partial charge in [0.1, 0.15) is 0 Å². The number of pyridine rings is 3. The van der Waals surface area contributed by atoms with Crippen LogP contribution in [-0.2, 0) is 6.54 Å². The summed E-state index contributed by atoms with van der Waals surface area (Å²) in [5, 5.41) is 3.40. The first-order valence-corrected chi connectivity index (χ1v) is 10.9. The van der Waals surface area contributed by atoms with E-state index in [2.05, 4.69) is 90.8 Å². The van der Waals surface area contributed by atoms with Crippen LogP contribution in [0.1, 0.15) is 11.3 Å². The third-order valence-electron chi connectivity index (χ3n) is 6.52. The van der Waals surface area contributed by atoms with Crippen LogP contribution in [0.5, 0.6) is 0 Å². The summed E-state index contributed by atoms with van der Waals surface area (Å²) in [6.07, 6.45) is 15.7. The minimum atomic E-state index is 0.869. The Morgan fingerprint density at radius 3 is 1.94 bits per heavy atom. The van der Waals surface area contributed by atoms with Crippen LogP contribution in [0.2, 0.25) is 0 Å². The second kappa shape index (κ2) is 6.77. The minimum absolute atomic E-state index is 0.869. The molecule has 5 aromatic heterocycles. The fourth-order valence-corrected chi connectivity index (χ4v) is 5.10. The van der Waals surface area contributed by atoms with E-state index in [0.29, 0.717) is 0 Å². The molecule has 33 heavy (non-hydrogen) atoms. The molecule has 1 aromatic carbocycles. The largest absolute Gasteiger partial charge is 0.376 e. The van der Waals surface area contributed by atoms with E-state index in [0.717, 1.165) is 39.7 Å². The first-order chi connectivity index (χ1) is 16.3. The molecule has 0 atom stereocenters. The molecule has 0 saturated carbocycles. The first kappa shape index (κ1) is 18.2. The van der Waals surface area contributed by atoms with Crippen molar-refractivity contribution in [3.63, 3.8) is 0 Å². The van der Waals surface area contributed by atoms with E-state index in [-0.39, 0.29) is 0 Å². The molecule has 0 fully saturated rings. The van der Waals surface area contributed by atoms with Crippen molar-refractivity contribution < 1.29 is 0 Å². The van der Waals surface area contributed by atoms with Crippen molar-refractivity contribution >= 4 is 38.8 Å². The number of hydrogen-bond donors (Lipinski definition) is 0. The molecule has 0 radical (unpaired) electrons. The zero-order valence-electron chi connectivity index (χ0n) is 18.1. The van der Waals surface area contributed by atoms with Crippen LogP contribution >= 0.6 is 0 Å². The molecule has 1 aliphatic rings. The Labute approximate surface area is 190 Å². The predicted octanol–water partition coefficient (Wildman–Crippen LogP) is 5.33. The summed E-state index contributed by atoms with van der Waals surface area (Å²) in [7, 11) is 2.10. The van der Waals surface area contributed by atoms with Gasteiger partial charge >= 0.3 is 0 Å². The Morgan fingerprint density at radius 1 is 0.697 bits per heavy atom. The fourth-order valence-electron chi connectivity index (χ4n) is 5.10. The average Bonchev–Trinajstić information content (AvgIpc) is 3.37. The second-order valence-corrected chi connectivity index (χ2v) is 8.46. The predicted molar refractivity (Wildman–Crippen MR) is 131 cm³/mol. The lowest BCUT2D eigenvalue weighted by molar-refractivity contribution is 0.449. The zero-order valence-corrected chi connectivity index (χ0v) is 18.1. The molecular weight excluding hydrogens is 408 g/mol. The molecule has 0 bridgehead atoms. The molecule has 0 amide bonds. The van der Waals surface area contributed by atoms with Gasteiger partial charge in [0.15, 0.2) is 0 Å². The number of rotatable bonds is 2. The van der Waals surface area contributed by atoms with Gasteiger partial charge < -0.3 is 14.0 Å². The van der Waals surface area contributed by atoms with Crippen molar-refractivity contribution in [2.75, 3.05) is 7.05 Å². The first-order valence-electron chi connectivity index (χ1n) is 10.9. The van der Waals surface area contributed by atoms with Crippen molar-refractivity contribution in [1.29, 1.82) is 0 Å². The van der Waals surface area contributed by atoms with E-state index in [1.165, 1.54) is 22.2 Å². The highest BCUT2D eigenvalue weighted by Gasteiger charge is 2.21. The second-order valence-electron chi connectivity index (χ2n) is 8.46. The molecular formula is C27H20N6. The Kier molecular flexibility index (Phi) is 3.73. The number of nitrogens with zero attached hydrogens (tertiary/aromatic N) is 6. The van der Waals surface area contributed by atoms with E-state index in [9.17, 15) is 0 Å². The molecule has 0 spiro atoms. The van der Waals surface area contributed by atoms with Gasteiger partial charge in [0.2, 0.25) is 0 Å². The smallest absolute Gasteiger partial charge is 0.0572 e.